The molecule has 2 aromatic rings. The maximum Gasteiger partial charge on any atom is 0.0795 e. The molecule has 1 saturated heterocycles. The molecule has 23 heavy (non-hydrogen) atoms. The summed E-state index contributed by atoms with van der Waals surface area (Å²) in [5, 5.41) is 5.74. The van der Waals surface area contributed by atoms with Crippen molar-refractivity contribution in [2.24, 2.45) is 5.92 Å². The summed E-state index contributed by atoms with van der Waals surface area (Å²) in [6.07, 6.45) is 1.16. The van der Waals surface area contributed by atoms with E-state index in [0.717, 1.165) is 38.4 Å². The van der Waals surface area contributed by atoms with Gasteiger partial charge in [0.1, 0.15) is 0 Å². The summed E-state index contributed by atoms with van der Waals surface area (Å²) in [5.74, 6) is 0.617. The van der Waals surface area contributed by atoms with Crippen LogP contribution in [-0.2, 0) is 17.8 Å². The van der Waals surface area contributed by atoms with Crippen molar-refractivity contribution < 1.29 is 4.74 Å². The fourth-order valence-electron chi connectivity index (χ4n) is 3.05. The van der Waals surface area contributed by atoms with E-state index in [1.54, 1.807) is 11.3 Å². The Hall–Kier alpha value is -1.43. The summed E-state index contributed by atoms with van der Waals surface area (Å²) in [7, 11) is 2.14. The molecule has 0 radical (unpaired) electrons. The topological polar surface area (TPSA) is 37.4 Å². The molecule has 1 aliphatic rings. The second-order valence-electron chi connectivity index (χ2n) is 6.41. The minimum Gasteiger partial charge on any atom is -0.382 e. The van der Waals surface area contributed by atoms with Gasteiger partial charge in [-0.2, -0.15) is 0 Å². The number of aromatic nitrogens is 1. The van der Waals surface area contributed by atoms with Crippen LogP contribution >= 0.6 is 11.3 Å². The van der Waals surface area contributed by atoms with Crippen LogP contribution in [0.2, 0.25) is 0 Å². The van der Waals surface area contributed by atoms with Gasteiger partial charge in [-0.25, -0.2) is 4.98 Å². The third kappa shape index (κ3) is 4.77. The van der Waals surface area contributed by atoms with Crippen molar-refractivity contribution in [1.29, 1.82) is 0 Å². The monoisotopic (exact) mass is 331 g/mol. The third-order valence-electron chi connectivity index (χ3n) is 4.36. The van der Waals surface area contributed by atoms with E-state index in [-0.39, 0.29) is 0 Å². The normalized spacial score (nSPS) is 19.2. The number of hydrogen-bond acceptors (Lipinski definition) is 5. The van der Waals surface area contributed by atoms with Gasteiger partial charge in [-0.05, 0) is 38.1 Å². The standard InChI is InChI=1S/C18H25N3OS/c1-14(16-6-7-22-11-16)20-17-5-3-4-15(8-17)9-21(2)10-18-12-23-13-19-18/h3-5,8,12-14,16,20H,6-7,9-11H2,1-2H3. The highest BCUT2D eigenvalue weighted by atomic mass is 32.1. The van der Waals surface area contributed by atoms with Crippen molar-refractivity contribution in [3.05, 3.63) is 46.4 Å². The highest BCUT2D eigenvalue weighted by Crippen LogP contribution is 2.21. The number of rotatable bonds is 7. The summed E-state index contributed by atoms with van der Waals surface area (Å²) in [6.45, 7) is 5.84. The lowest BCUT2D eigenvalue weighted by molar-refractivity contribution is 0.183. The Bertz CT molecular complexity index is 596. The molecule has 1 N–H and O–H groups in total. The van der Waals surface area contributed by atoms with Gasteiger partial charge < -0.3 is 10.1 Å². The number of thiazole rings is 1. The Kier molecular flexibility index (Phi) is 5.65. The van der Waals surface area contributed by atoms with E-state index in [4.69, 9.17) is 4.74 Å². The molecule has 0 amide bonds. The van der Waals surface area contributed by atoms with Crippen LogP contribution in [0, 0.1) is 5.92 Å². The molecule has 3 rings (SSSR count). The first-order valence-electron chi connectivity index (χ1n) is 8.19. The molecule has 0 aliphatic carbocycles. The molecular weight excluding hydrogens is 306 g/mol. The van der Waals surface area contributed by atoms with Gasteiger partial charge in [0.2, 0.25) is 0 Å². The zero-order valence-corrected chi connectivity index (χ0v) is 14.7. The molecule has 0 saturated carbocycles. The van der Waals surface area contributed by atoms with Gasteiger partial charge >= 0.3 is 0 Å². The quantitative estimate of drug-likeness (QED) is 0.841. The smallest absolute Gasteiger partial charge is 0.0795 e. The minimum absolute atomic E-state index is 0.445. The van der Waals surface area contributed by atoms with Crippen LogP contribution < -0.4 is 5.32 Å². The van der Waals surface area contributed by atoms with E-state index < -0.39 is 0 Å². The summed E-state index contributed by atoms with van der Waals surface area (Å²) in [6, 6.07) is 9.17. The first-order valence-corrected chi connectivity index (χ1v) is 9.14. The second kappa shape index (κ2) is 7.90. The van der Waals surface area contributed by atoms with Gasteiger partial charge in [0, 0.05) is 42.7 Å². The largest absolute Gasteiger partial charge is 0.382 e. The molecule has 0 spiro atoms. The van der Waals surface area contributed by atoms with Crippen molar-refractivity contribution in [3.8, 4) is 0 Å². The predicted molar refractivity (Wildman–Crippen MR) is 95.7 cm³/mol. The molecule has 1 aromatic heterocycles. The number of anilines is 1. The van der Waals surface area contributed by atoms with E-state index >= 15 is 0 Å². The molecule has 1 aromatic carbocycles. The van der Waals surface area contributed by atoms with Gasteiger partial charge in [0.15, 0.2) is 0 Å². The number of nitrogens with zero attached hydrogens (tertiary/aromatic N) is 2. The molecule has 124 valence electrons. The highest BCUT2D eigenvalue weighted by molar-refractivity contribution is 7.07. The first-order chi connectivity index (χ1) is 11.2. The fraction of sp³-hybridized carbons (Fsp3) is 0.500. The van der Waals surface area contributed by atoms with Crippen LogP contribution in [-0.4, -0.2) is 36.2 Å². The Morgan fingerprint density at radius 1 is 1.43 bits per heavy atom. The molecule has 2 unspecified atom stereocenters. The molecular formula is C18H25N3OS. The van der Waals surface area contributed by atoms with Gasteiger partial charge in [-0.1, -0.05) is 12.1 Å². The van der Waals surface area contributed by atoms with Gasteiger partial charge in [-0.3, -0.25) is 4.90 Å². The van der Waals surface area contributed by atoms with Crippen molar-refractivity contribution in [2.75, 3.05) is 25.6 Å². The Morgan fingerprint density at radius 2 is 2.35 bits per heavy atom. The number of hydrogen-bond donors (Lipinski definition) is 1. The van der Waals surface area contributed by atoms with E-state index in [9.17, 15) is 0 Å². The molecule has 2 atom stereocenters. The van der Waals surface area contributed by atoms with Crippen LogP contribution in [0.4, 0.5) is 5.69 Å². The molecule has 2 heterocycles. The molecule has 1 fully saturated rings. The van der Waals surface area contributed by atoms with Crippen LogP contribution in [0.15, 0.2) is 35.2 Å². The molecule has 5 heteroatoms. The molecule has 4 nitrogen and oxygen atoms in total. The maximum absolute atomic E-state index is 5.49. The SMILES string of the molecule is CC(Nc1cccc(CN(C)Cc2cscn2)c1)C1CCOC1. The van der Waals surface area contributed by atoms with Crippen LogP contribution in [0.1, 0.15) is 24.6 Å². The van der Waals surface area contributed by atoms with E-state index in [0.29, 0.717) is 12.0 Å². The molecule has 1 aliphatic heterocycles. The first kappa shape index (κ1) is 16.4. The minimum atomic E-state index is 0.445. The summed E-state index contributed by atoms with van der Waals surface area (Å²) in [4.78, 5) is 6.65. The summed E-state index contributed by atoms with van der Waals surface area (Å²) >= 11 is 1.65. The van der Waals surface area contributed by atoms with E-state index in [1.165, 1.54) is 11.3 Å². The highest BCUT2D eigenvalue weighted by Gasteiger charge is 2.22. The van der Waals surface area contributed by atoms with E-state index in [2.05, 4.69) is 58.8 Å². The summed E-state index contributed by atoms with van der Waals surface area (Å²) in [5.41, 5.74) is 5.55. The predicted octanol–water partition coefficient (Wildman–Crippen LogP) is 3.61. The zero-order chi connectivity index (χ0) is 16.1. The van der Waals surface area contributed by atoms with E-state index in [1.807, 2.05) is 5.51 Å². The van der Waals surface area contributed by atoms with Crippen LogP contribution in [0.25, 0.3) is 0 Å². The lowest BCUT2D eigenvalue weighted by atomic mass is 10.0. The maximum atomic E-state index is 5.49. The number of benzene rings is 1. The molecule has 0 bridgehead atoms. The average molecular weight is 331 g/mol. The Balaban J connectivity index is 1.56. The average Bonchev–Trinajstić information content (AvgIpc) is 3.20. The third-order valence-corrected chi connectivity index (χ3v) is 5.00. The van der Waals surface area contributed by atoms with Gasteiger partial charge in [-0.15, -0.1) is 11.3 Å². The van der Waals surface area contributed by atoms with Gasteiger partial charge in [0.05, 0.1) is 17.8 Å². The second-order valence-corrected chi connectivity index (χ2v) is 7.13. The fourth-order valence-corrected chi connectivity index (χ4v) is 3.60. The van der Waals surface area contributed by atoms with Crippen molar-refractivity contribution in [1.82, 2.24) is 9.88 Å². The van der Waals surface area contributed by atoms with Gasteiger partial charge in [0.25, 0.3) is 0 Å². The number of ether oxygens (including phenoxy) is 1. The van der Waals surface area contributed by atoms with Crippen molar-refractivity contribution in [2.45, 2.75) is 32.5 Å². The van der Waals surface area contributed by atoms with Crippen molar-refractivity contribution in [3.63, 3.8) is 0 Å². The van der Waals surface area contributed by atoms with Crippen molar-refractivity contribution >= 4 is 17.0 Å². The summed E-state index contributed by atoms with van der Waals surface area (Å²) < 4.78 is 5.49. The Morgan fingerprint density at radius 3 is 3.09 bits per heavy atom. The van der Waals surface area contributed by atoms with Crippen LogP contribution in [0.3, 0.4) is 0 Å². The lowest BCUT2D eigenvalue weighted by Crippen LogP contribution is -2.26. The Labute approximate surface area is 142 Å². The van der Waals surface area contributed by atoms with Crippen LogP contribution in [0.5, 0.6) is 0 Å². The zero-order valence-electron chi connectivity index (χ0n) is 13.9. The lowest BCUT2D eigenvalue weighted by Gasteiger charge is -2.21. The number of nitrogens with one attached hydrogen (secondary N) is 1.